The molecular formula is C10H13F2NO. The topological polar surface area (TPSA) is 35.2 Å². The highest BCUT2D eigenvalue weighted by Gasteiger charge is 2.17. The van der Waals surface area contributed by atoms with Crippen LogP contribution >= 0.6 is 0 Å². The number of nitrogens with two attached hydrogens (primary N) is 1. The molecule has 1 aromatic rings. The Labute approximate surface area is 81.7 Å². The molecule has 1 aromatic carbocycles. The van der Waals surface area contributed by atoms with E-state index in [9.17, 15) is 8.78 Å². The van der Waals surface area contributed by atoms with Gasteiger partial charge in [0.2, 0.25) is 0 Å². The summed E-state index contributed by atoms with van der Waals surface area (Å²) in [7, 11) is 1.54. The summed E-state index contributed by atoms with van der Waals surface area (Å²) < 4.78 is 29.6. The van der Waals surface area contributed by atoms with Crippen LogP contribution in [0.1, 0.15) is 17.2 Å². The minimum absolute atomic E-state index is 0.429. The van der Waals surface area contributed by atoms with Crippen LogP contribution in [0.4, 0.5) is 8.78 Å². The van der Waals surface area contributed by atoms with Crippen molar-refractivity contribution in [3.63, 3.8) is 0 Å². The third kappa shape index (κ3) is 2.20. The largest absolute Gasteiger partial charge is 0.496 e. The van der Waals surface area contributed by atoms with E-state index in [0.29, 0.717) is 11.3 Å². The molecule has 14 heavy (non-hydrogen) atoms. The number of benzene rings is 1. The molecule has 1 atom stereocenters. The number of methoxy groups -OCH3 is 1. The summed E-state index contributed by atoms with van der Waals surface area (Å²) in [6, 6.07) is 3.60. The molecule has 0 heterocycles. The molecule has 0 aliphatic carbocycles. The lowest BCUT2D eigenvalue weighted by Gasteiger charge is -2.12. The van der Waals surface area contributed by atoms with Gasteiger partial charge < -0.3 is 10.5 Å². The number of halogens is 2. The van der Waals surface area contributed by atoms with Gasteiger partial charge in [0.25, 0.3) is 6.43 Å². The highest BCUT2D eigenvalue weighted by atomic mass is 19.3. The highest BCUT2D eigenvalue weighted by molar-refractivity contribution is 5.37. The van der Waals surface area contributed by atoms with E-state index in [0.717, 1.165) is 5.56 Å². The first kappa shape index (κ1) is 10.9. The van der Waals surface area contributed by atoms with E-state index in [-0.39, 0.29) is 0 Å². The van der Waals surface area contributed by atoms with E-state index in [1.54, 1.807) is 25.1 Å². The minimum Gasteiger partial charge on any atom is -0.496 e. The van der Waals surface area contributed by atoms with E-state index < -0.39 is 12.5 Å². The Morgan fingerprint density at radius 2 is 2.00 bits per heavy atom. The molecule has 78 valence electrons. The first-order valence-corrected chi connectivity index (χ1v) is 4.24. The molecule has 0 saturated heterocycles. The molecule has 0 aliphatic rings. The van der Waals surface area contributed by atoms with E-state index in [2.05, 4.69) is 0 Å². The van der Waals surface area contributed by atoms with Crippen LogP contribution in [0.3, 0.4) is 0 Å². The normalized spacial score (nSPS) is 13.0. The second kappa shape index (κ2) is 4.37. The Morgan fingerprint density at radius 3 is 2.43 bits per heavy atom. The zero-order valence-electron chi connectivity index (χ0n) is 8.13. The third-order valence-electron chi connectivity index (χ3n) is 2.08. The van der Waals surface area contributed by atoms with Crippen molar-refractivity contribution in [2.75, 3.05) is 7.11 Å². The molecule has 0 saturated carbocycles. The van der Waals surface area contributed by atoms with E-state index >= 15 is 0 Å². The Kier molecular flexibility index (Phi) is 3.41. The van der Waals surface area contributed by atoms with Gasteiger partial charge >= 0.3 is 0 Å². The van der Waals surface area contributed by atoms with Crippen LogP contribution < -0.4 is 10.5 Å². The van der Waals surface area contributed by atoms with Crippen molar-refractivity contribution in [1.29, 1.82) is 0 Å². The predicted octanol–water partition coefficient (Wildman–Crippen LogP) is 2.27. The van der Waals surface area contributed by atoms with Gasteiger partial charge in [-0.25, -0.2) is 8.78 Å². The molecule has 2 N–H and O–H groups in total. The summed E-state index contributed by atoms with van der Waals surface area (Å²) in [4.78, 5) is 0. The maximum atomic E-state index is 12.3. The van der Waals surface area contributed by atoms with Gasteiger partial charge in [-0.2, -0.15) is 0 Å². The summed E-state index contributed by atoms with van der Waals surface area (Å²) in [6.07, 6.45) is -2.54. The average molecular weight is 201 g/mol. The summed E-state index contributed by atoms with van der Waals surface area (Å²) in [5.74, 6) is 0.676. The third-order valence-corrected chi connectivity index (χ3v) is 2.08. The van der Waals surface area contributed by atoms with Crippen molar-refractivity contribution in [2.24, 2.45) is 5.73 Å². The van der Waals surface area contributed by atoms with Crippen LogP contribution in [0.15, 0.2) is 18.2 Å². The van der Waals surface area contributed by atoms with Crippen LogP contribution in [0.25, 0.3) is 0 Å². The van der Waals surface area contributed by atoms with Crippen molar-refractivity contribution in [3.8, 4) is 5.75 Å². The second-order valence-electron chi connectivity index (χ2n) is 3.09. The number of alkyl halides is 2. The molecule has 0 radical (unpaired) electrons. The Hall–Kier alpha value is -1.16. The van der Waals surface area contributed by atoms with Gasteiger partial charge in [-0.1, -0.05) is 12.1 Å². The number of hydrogen-bond acceptors (Lipinski definition) is 2. The smallest absolute Gasteiger partial charge is 0.257 e. The summed E-state index contributed by atoms with van der Waals surface area (Å²) >= 11 is 0. The number of rotatable bonds is 3. The first-order valence-electron chi connectivity index (χ1n) is 4.24. The quantitative estimate of drug-likeness (QED) is 0.814. The van der Waals surface area contributed by atoms with Crippen molar-refractivity contribution < 1.29 is 13.5 Å². The molecule has 2 nitrogen and oxygen atoms in total. The van der Waals surface area contributed by atoms with Crippen molar-refractivity contribution >= 4 is 0 Å². The van der Waals surface area contributed by atoms with Gasteiger partial charge in [0.1, 0.15) is 5.75 Å². The van der Waals surface area contributed by atoms with E-state index in [1.807, 2.05) is 0 Å². The number of aryl methyl sites for hydroxylation is 1. The fourth-order valence-electron chi connectivity index (χ4n) is 1.25. The van der Waals surface area contributed by atoms with Crippen LogP contribution in [0.2, 0.25) is 0 Å². The van der Waals surface area contributed by atoms with Gasteiger partial charge in [-0.15, -0.1) is 0 Å². The van der Waals surface area contributed by atoms with Crippen molar-refractivity contribution in [1.82, 2.24) is 0 Å². The van der Waals surface area contributed by atoms with Crippen molar-refractivity contribution in [2.45, 2.75) is 19.4 Å². The zero-order valence-corrected chi connectivity index (χ0v) is 8.13. The highest BCUT2D eigenvalue weighted by Crippen LogP contribution is 2.24. The van der Waals surface area contributed by atoms with Crippen LogP contribution in [0.5, 0.6) is 5.75 Å². The maximum absolute atomic E-state index is 12.3. The molecule has 0 unspecified atom stereocenters. The van der Waals surface area contributed by atoms with Gasteiger partial charge in [0.15, 0.2) is 0 Å². The molecule has 0 aromatic heterocycles. The fraction of sp³-hybridized carbons (Fsp3) is 0.400. The zero-order chi connectivity index (χ0) is 10.7. The molecule has 1 rings (SSSR count). The standard InChI is InChI=1S/C10H13F2NO/c1-6-5-7(9(13)10(11)12)3-4-8(6)14-2/h3-5,9-10H,13H2,1-2H3/t9-/m1/s1. The Bertz CT molecular complexity index is 315. The molecular weight excluding hydrogens is 188 g/mol. The van der Waals surface area contributed by atoms with Gasteiger partial charge in [0, 0.05) is 0 Å². The monoisotopic (exact) mass is 201 g/mol. The molecule has 0 aliphatic heterocycles. The Balaban J connectivity index is 2.96. The van der Waals surface area contributed by atoms with Gasteiger partial charge in [-0.3, -0.25) is 0 Å². The van der Waals surface area contributed by atoms with Gasteiger partial charge in [0.05, 0.1) is 13.2 Å². The fourth-order valence-corrected chi connectivity index (χ4v) is 1.25. The molecule has 4 heteroatoms. The SMILES string of the molecule is COc1ccc([C@@H](N)C(F)F)cc1C. The van der Waals surface area contributed by atoms with Crippen LogP contribution in [-0.4, -0.2) is 13.5 Å². The molecule has 0 amide bonds. The predicted molar refractivity (Wildman–Crippen MR) is 50.7 cm³/mol. The van der Waals surface area contributed by atoms with Crippen LogP contribution in [0, 0.1) is 6.92 Å². The lowest BCUT2D eigenvalue weighted by molar-refractivity contribution is 0.116. The summed E-state index contributed by atoms with van der Waals surface area (Å²) in [5, 5.41) is 0. The molecule has 0 bridgehead atoms. The van der Waals surface area contributed by atoms with Gasteiger partial charge in [-0.05, 0) is 24.1 Å². The average Bonchev–Trinajstić information content (AvgIpc) is 2.16. The Morgan fingerprint density at radius 1 is 1.36 bits per heavy atom. The van der Waals surface area contributed by atoms with Crippen molar-refractivity contribution in [3.05, 3.63) is 29.3 Å². The molecule has 0 fully saturated rings. The molecule has 0 spiro atoms. The van der Waals surface area contributed by atoms with Crippen LogP contribution in [-0.2, 0) is 0 Å². The summed E-state index contributed by atoms with van der Waals surface area (Å²) in [6.45, 7) is 1.79. The maximum Gasteiger partial charge on any atom is 0.257 e. The number of hydrogen-bond donors (Lipinski definition) is 1. The summed E-state index contributed by atoms with van der Waals surface area (Å²) in [5.41, 5.74) is 6.54. The van der Waals surface area contributed by atoms with E-state index in [4.69, 9.17) is 10.5 Å². The first-order chi connectivity index (χ1) is 6.56. The number of ether oxygens (including phenoxy) is 1. The second-order valence-corrected chi connectivity index (χ2v) is 3.09. The van der Waals surface area contributed by atoms with E-state index in [1.165, 1.54) is 7.11 Å². The minimum atomic E-state index is -2.54. The lowest BCUT2D eigenvalue weighted by Crippen LogP contribution is -2.18. The lowest BCUT2D eigenvalue weighted by atomic mass is 10.0.